The molecular weight excluding hydrogens is 680 g/mol. The molecule has 0 aromatic rings. The van der Waals surface area contributed by atoms with Crippen molar-refractivity contribution in [1.82, 2.24) is 0 Å². The van der Waals surface area contributed by atoms with Gasteiger partial charge in [-0.3, -0.25) is 37.4 Å². The summed E-state index contributed by atoms with van der Waals surface area (Å²) in [5, 5.41) is 7.51. The zero-order valence-corrected chi connectivity index (χ0v) is 31.3. The van der Waals surface area contributed by atoms with Crippen LogP contribution < -0.4 is 17.2 Å². The van der Waals surface area contributed by atoms with E-state index >= 15 is 0 Å². The standard InChI is InChI=1S/C28H55N3O15P2/c1-24(2,3)18(30)20(32)41-14-26(7,8)22(34)43-16-45-48(40,28(36,12-11-13-29)47(37,38)39)46-17-44-23(35)27(9,10)15-42-21(33)19(31)25(4,5)6/h18-19,36H,11-17,29-31H2,1-10H3,(H2,37,38,39)/t18-,19-,28?/m1/s1. The largest absolute Gasteiger partial charge is 0.463 e. The molecule has 20 heteroatoms. The van der Waals surface area contributed by atoms with Crippen LogP contribution in [0.2, 0.25) is 0 Å². The third-order valence-corrected chi connectivity index (χ3v) is 11.7. The smallest absolute Gasteiger partial charge is 0.380 e. The first-order valence-corrected chi connectivity index (χ1v) is 18.1. The number of carbonyl (C=O) groups excluding carboxylic acids is 4. The predicted molar refractivity (Wildman–Crippen MR) is 171 cm³/mol. The Balaban J connectivity index is 5.81. The van der Waals surface area contributed by atoms with Crippen LogP contribution in [-0.4, -0.2) is 89.3 Å². The first-order chi connectivity index (χ1) is 21.4. The van der Waals surface area contributed by atoms with Crippen LogP contribution in [0, 0.1) is 21.7 Å². The highest BCUT2D eigenvalue weighted by atomic mass is 31.2. The first kappa shape index (κ1) is 46.0. The number of hydrogen-bond donors (Lipinski definition) is 6. The van der Waals surface area contributed by atoms with Crippen LogP contribution in [0.15, 0.2) is 0 Å². The summed E-state index contributed by atoms with van der Waals surface area (Å²) in [6.07, 6.45) is -1.18. The van der Waals surface area contributed by atoms with Gasteiger partial charge in [0.15, 0.2) is 0 Å². The Kier molecular flexibility index (Phi) is 16.6. The molecule has 0 aromatic heterocycles. The van der Waals surface area contributed by atoms with Gasteiger partial charge in [0.2, 0.25) is 13.6 Å². The van der Waals surface area contributed by atoms with Crippen molar-refractivity contribution in [3.8, 4) is 0 Å². The molecule has 1 unspecified atom stereocenters. The van der Waals surface area contributed by atoms with E-state index in [0.717, 1.165) is 0 Å². The molecule has 0 fully saturated rings. The van der Waals surface area contributed by atoms with Gasteiger partial charge >= 0.3 is 39.1 Å². The van der Waals surface area contributed by atoms with Crippen LogP contribution in [0.3, 0.4) is 0 Å². The lowest BCUT2D eigenvalue weighted by atomic mass is 9.87. The summed E-state index contributed by atoms with van der Waals surface area (Å²) in [4.78, 5) is 70.1. The molecule has 0 aromatic carbocycles. The van der Waals surface area contributed by atoms with E-state index in [1.807, 2.05) is 0 Å². The number of ether oxygens (including phenoxy) is 4. The molecule has 0 amide bonds. The molecular formula is C28H55N3O15P2. The van der Waals surface area contributed by atoms with Crippen LogP contribution in [0.4, 0.5) is 0 Å². The maximum absolute atomic E-state index is 13.8. The van der Waals surface area contributed by atoms with E-state index in [1.165, 1.54) is 27.7 Å². The summed E-state index contributed by atoms with van der Waals surface area (Å²) in [5.74, 6) is -3.70. The van der Waals surface area contributed by atoms with Crippen LogP contribution in [0.1, 0.15) is 82.1 Å². The molecule has 0 aliphatic heterocycles. The Bertz CT molecular complexity index is 1150. The first-order valence-electron chi connectivity index (χ1n) is 15.0. The van der Waals surface area contributed by atoms with Gasteiger partial charge in [0.25, 0.3) is 5.08 Å². The summed E-state index contributed by atoms with van der Waals surface area (Å²) in [7, 11) is -11.2. The Morgan fingerprint density at radius 1 is 0.667 bits per heavy atom. The summed E-state index contributed by atoms with van der Waals surface area (Å²) in [6.45, 7) is 11.9. The normalized spacial score (nSPS) is 15.9. The van der Waals surface area contributed by atoms with Gasteiger partial charge in [-0.15, -0.1) is 0 Å². The summed E-state index contributed by atoms with van der Waals surface area (Å²) < 4.78 is 56.5. The molecule has 18 nitrogen and oxygen atoms in total. The number of rotatable bonds is 19. The highest BCUT2D eigenvalue weighted by molar-refractivity contribution is 7.73. The minimum atomic E-state index is -5.75. The molecule has 3 atom stereocenters. The average Bonchev–Trinajstić information content (AvgIpc) is 2.94. The number of esters is 4. The van der Waals surface area contributed by atoms with E-state index in [2.05, 4.69) is 0 Å². The van der Waals surface area contributed by atoms with Gasteiger partial charge in [-0.05, 0) is 51.5 Å². The van der Waals surface area contributed by atoms with E-state index in [-0.39, 0.29) is 13.0 Å². The van der Waals surface area contributed by atoms with Crippen LogP contribution >= 0.6 is 15.2 Å². The third-order valence-electron chi connectivity index (χ3n) is 7.08. The Morgan fingerprint density at radius 2 is 1.00 bits per heavy atom. The molecule has 48 heavy (non-hydrogen) atoms. The second kappa shape index (κ2) is 17.3. The van der Waals surface area contributed by atoms with Crippen LogP contribution in [0.5, 0.6) is 0 Å². The van der Waals surface area contributed by atoms with Crippen LogP contribution in [-0.2, 0) is 56.3 Å². The zero-order chi connectivity index (χ0) is 38.2. The van der Waals surface area contributed by atoms with Crippen LogP contribution in [0.25, 0.3) is 0 Å². The van der Waals surface area contributed by atoms with Gasteiger partial charge in [0.1, 0.15) is 25.3 Å². The summed E-state index contributed by atoms with van der Waals surface area (Å²) >= 11 is 0. The molecule has 0 spiro atoms. The molecule has 0 aliphatic carbocycles. The Morgan fingerprint density at radius 3 is 1.27 bits per heavy atom. The molecule has 0 saturated carbocycles. The van der Waals surface area contributed by atoms with Crippen molar-refractivity contribution in [2.45, 2.75) is 99.2 Å². The minimum Gasteiger partial charge on any atom is -0.463 e. The lowest BCUT2D eigenvalue weighted by Gasteiger charge is -2.34. The van der Waals surface area contributed by atoms with Gasteiger partial charge in [-0.25, -0.2) is 0 Å². The van der Waals surface area contributed by atoms with Crippen molar-refractivity contribution in [3.63, 3.8) is 0 Å². The monoisotopic (exact) mass is 735 g/mol. The van der Waals surface area contributed by atoms with E-state index in [9.17, 15) is 43.2 Å². The molecule has 0 saturated heterocycles. The zero-order valence-electron chi connectivity index (χ0n) is 29.5. The van der Waals surface area contributed by atoms with Gasteiger partial charge in [0, 0.05) is 6.42 Å². The van der Waals surface area contributed by atoms with Crippen molar-refractivity contribution in [1.29, 1.82) is 0 Å². The second-order valence-electron chi connectivity index (χ2n) is 14.7. The Labute approximate surface area is 281 Å². The van der Waals surface area contributed by atoms with E-state index in [0.29, 0.717) is 0 Å². The summed E-state index contributed by atoms with van der Waals surface area (Å²) in [6, 6.07) is -2.01. The van der Waals surface area contributed by atoms with Crippen molar-refractivity contribution in [2.24, 2.45) is 38.9 Å². The van der Waals surface area contributed by atoms with Gasteiger partial charge < -0.3 is 51.0 Å². The fourth-order valence-corrected chi connectivity index (χ4v) is 6.60. The van der Waals surface area contributed by atoms with Crippen molar-refractivity contribution >= 4 is 39.1 Å². The summed E-state index contributed by atoms with van der Waals surface area (Å²) in [5.41, 5.74) is 12.9. The van der Waals surface area contributed by atoms with E-state index in [1.54, 1.807) is 41.5 Å². The average molecular weight is 736 g/mol. The highest BCUT2D eigenvalue weighted by Gasteiger charge is 2.62. The topological polar surface area (TPSA) is 297 Å². The van der Waals surface area contributed by atoms with Crippen molar-refractivity contribution in [3.05, 3.63) is 0 Å². The SMILES string of the molecule is CC(C)(COC(=O)[C@@H](N)C(C)(C)C)C(=O)OCOP(=O)(OCOC(=O)C(C)(C)COC(=O)[C@@H](N)C(C)(C)C)C(O)(CCCN)P(=O)(O)O. The fraction of sp³-hybridized carbons (Fsp3) is 0.857. The number of carbonyl (C=O) groups is 4. The molecule has 9 N–H and O–H groups in total. The molecule has 0 heterocycles. The number of hydrogen-bond acceptors (Lipinski definition) is 16. The lowest BCUT2D eigenvalue weighted by Crippen LogP contribution is -2.45. The maximum Gasteiger partial charge on any atom is 0.380 e. The second-order valence-corrected chi connectivity index (χ2v) is 19.2. The quantitative estimate of drug-likeness (QED) is 0.0475. The molecule has 282 valence electrons. The lowest BCUT2D eigenvalue weighted by molar-refractivity contribution is -0.169. The van der Waals surface area contributed by atoms with Gasteiger partial charge in [-0.2, -0.15) is 0 Å². The molecule has 0 aliphatic rings. The predicted octanol–water partition coefficient (Wildman–Crippen LogP) is 1.66. The van der Waals surface area contributed by atoms with Gasteiger partial charge in [-0.1, -0.05) is 41.5 Å². The fourth-order valence-electron chi connectivity index (χ4n) is 3.22. The number of nitrogens with two attached hydrogens (primary N) is 3. The molecule has 0 rings (SSSR count). The van der Waals surface area contributed by atoms with E-state index in [4.69, 9.17) is 45.2 Å². The Hall–Kier alpha value is -1.98. The third kappa shape index (κ3) is 13.0. The van der Waals surface area contributed by atoms with E-state index < -0.39 is 111 Å². The van der Waals surface area contributed by atoms with Gasteiger partial charge in [0.05, 0.1) is 10.8 Å². The van der Waals surface area contributed by atoms with Crippen molar-refractivity contribution < 1.29 is 71.2 Å². The maximum atomic E-state index is 13.8. The molecule has 0 radical (unpaired) electrons. The number of aliphatic hydroxyl groups is 1. The highest BCUT2D eigenvalue weighted by Crippen LogP contribution is 2.74. The molecule has 0 bridgehead atoms. The minimum absolute atomic E-state index is 0.205. The van der Waals surface area contributed by atoms with Crippen molar-refractivity contribution in [2.75, 3.05) is 33.3 Å².